The first kappa shape index (κ1) is 23.0. The van der Waals surface area contributed by atoms with Gasteiger partial charge in [-0.1, -0.05) is 30.3 Å². The Labute approximate surface area is 178 Å². The van der Waals surface area contributed by atoms with Crippen molar-refractivity contribution in [3.05, 3.63) is 35.9 Å². The molecule has 1 aromatic rings. The van der Waals surface area contributed by atoms with Crippen LogP contribution in [-0.4, -0.2) is 70.3 Å². The zero-order valence-electron chi connectivity index (χ0n) is 17.3. The number of hydrogen-bond acceptors (Lipinski definition) is 5. The summed E-state index contributed by atoms with van der Waals surface area (Å²) >= 11 is 0. The maximum Gasteiger partial charge on any atom is 0.410 e. The van der Waals surface area contributed by atoms with Gasteiger partial charge < -0.3 is 14.4 Å². The Bertz CT molecular complexity index is 784. The minimum Gasteiger partial charge on any atom is -0.447 e. The summed E-state index contributed by atoms with van der Waals surface area (Å²) in [5.74, 6) is 0.532. The summed E-state index contributed by atoms with van der Waals surface area (Å²) in [7, 11) is -3.43. The quantitative estimate of drug-likeness (QED) is 0.669. The lowest BCUT2D eigenvalue weighted by atomic mass is 9.83. The molecule has 0 radical (unpaired) electrons. The molecule has 168 valence electrons. The van der Waals surface area contributed by atoms with Crippen molar-refractivity contribution in [2.24, 2.45) is 0 Å². The van der Waals surface area contributed by atoms with Gasteiger partial charge in [0.1, 0.15) is 13.3 Å². The third-order valence-electron chi connectivity index (χ3n) is 5.90. The van der Waals surface area contributed by atoms with Crippen molar-refractivity contribution in [1.82, 2.24) is 9.62 Å². The van der Waals surface area contributed by atoms with E-state index in [9.17, 15) is 17.6 Å². The molecule has 1 heterocycles. The molecule has 0 bridgehead atoms. The standard InChI is InChI=1S/C21H31FN2O5S/c1-30(26,27)23-19-11-13-24(21(25)28-14-12-22)20(19)15-29-18-9-7-17(8-10-18)16-5-3-2-4-6-16/h2-6,17-20,23H,7-15H2,1H3/t17?,18?,19-,20-/m0/s1. The molecule has 30 heavy (non-hydrogen) atoms. The molecule has 7 nitrogen and oxygen atoms in total. The Morgan fingerprint density at radius 1 is 1.17 bits per heavy atom. The number of sulfonamides is 1. The molecule has 2 aliphatic rings. The number of likely N-dealkylation sites (tertiary alicyclic amines) is 1. The molecule has 1 amide bonds. The highest BCUT2D eigenvalue weighted by atomic mass is 32.2. The number of alkyl halides is 1. The molecule has 2 fully saturated rings. The highest BCUT2D eigenvalue weighted by Crippen LogP contribution is 2.34. The topological polar surface area (TPSA) is 84.9 Å². The van der Waals surface area contributed by atoms with Crippen LogP contribution in [0.25, 0.3) is 0 Å². The molecule has 1 saturated heterocycles. The van der Waals surface area contributed by atoms with Crippen LogP contribution in [0.5, 0.6) is 0 Å². The van der Waals surface area contributed by atoms with Crippen molar-refractivity contribution in [2.45, 2.75) is 56.2 Å². The van der Waals surface area contributed by atoms with Gasteiger partial charge in [0.2, 0.25) is 10.0 Å². The van der Waals surface area contributed by atoms with E-state index in [1.165, 1.54) is 10.5 Å². The minimum absolute atomic E-state index is 0.0770. The molecular weight excluding hydrogens is 411 g/mol. The molecule has 1 N–H and O–H groups in total. The summed E-state index contributed by atoms with van der Waals surface area (Å²) in [4.78, 5) is 13.7. The van der Waals surface area contributed by atoms with Gasteiger partial charge in [0.25, 0.3) is 0 Å². The summed E-state index contributed by atoms with van der Waals surface area (Å²) in [6.07, 6.45) is 4.91. The van der Waals surface area contributed by atoms with Crippen molar-refractivity contribution >= 4 is 16.1 Å². The Kier molecular flexibility index (Phi) is 8.07. The van der Waals surface area contributed by atoms with Gasteiger partial charge in [0.15, 0.2) is 0 Å². The summed E-state index contributed by atoms with van der Waals surface area (Å²) in [5, 5.41) is 0. The van der Waals surface area contributed by atoms with Crippen LogP contribution in [0, 0.1) is 0 Å². The van der Waals surface area contributed by atoms with Gasteiger partial charge in [-0.2, -0.15) is 0 Å². The van der Waals surface area contributed by atoms with Gasteiger partial charge >= 0.3 is 6.09 Å². The highest BCUT2D eigenvalue weighted by Gasteiger charge is 2.40. The van der Waals surface area contributed by atoms with Gasteiger partial charge in [0, 0.05) is 12.6 Å². The fourth-order valence-corrected chi connectivity index (χ4v) is 5.26. The summed E-state index contributed by atoms with van der Waals surface area (Å²) < 4.78 is 49.4. The molecule has 1 aromatic carbocycles. The maximum atomic E-state index is 12.4. The van der Waals surface area contributed by atoms with Gasteiger partial charge in [-0.15, -0.1) is 0 Å². The second-order valence-electron chi connectivity index (χ2n) is 8.07. The number of ether oxygens (including phenoxy) is 2. The van der Waals surface area contributed by atoms with Crippen LogP contribution in [-0.2, 0) is 19.5 Å². The molecule has 2 atom stereocenters. The van der Waals surface area contributed by atoms with Crippen LogP contribution in [0.4, 0.5) is 9.18 Å². The largest absolute Gasteiger partial charge is 0.447 e. The summed E-state index contributed by atoms with van der Waals surface area (Å²) in [6, 6.07) is 9.54. The third-order valence-corrected chi connectivity index (χ3v) is 6.63. The van der Waals surface area contributed by atoms with E-state index in [1.54, 1.807) is 0 Å². The van der Waals surface area contributed by atoms with Crippen LogP contribution >= 0.6 is 0 Å². The number of nitrogens with one attached hydrogen (secondary N) is 1. The number of nitrogens with zero attached hydrogens (tertiary/aromatic N) is 1. The molecule has 9 heteroatoms. The van der Waals surface area contributed by atoms with Crippen LogP contribution in [0.2, 0.25) is 0 Å². The minimum atomic E-state index is -3.43. The number of carbonyl (C=O) groups is 1. The Balaban J connectivity index is 1.56. The number of hydrogen-bond donors (Lipinski definition) is 1. The number of rotatable bonds is 8. The molecule has 1 saturated carbocycles. The molecule has 1 aliphatic heterocycles. The number of halogens is 1. The summed E-state index contributed by atoms with van der Waals surface area (Å²) in [6.45, 7) is -0.501. The monoisotopic (exact) mass is 442 g/mol. The molecule has 0 spiro atoms. The van der Waals surface area contributed by atoms with Crippen LogP contribution in [0.15, 0.2) is 30.3 Å². The Morgan fingerprint density at radius 3 is 2.50 bits per heavy atom. The molecule has 0 aromatic heterocycles. The average Bonchev–Trinajstić information content (AvgIpc) is 3.12. The number of benzene rings is 1. The maximum absolute atomic E-state index is 12.4. The molecule has 3 rings (SSSR count). The zero-order valence-corrected chi connectivity index (χ0v) is 18.2. The first-order valence-corrected chi connectivity index (χ1v) is 12.4. The van der Waals surface area contributed by atoms with Crippen LogP contribution in [0.1, 0.15) is 43.6 Å². The SMILES string of the molecule is CS(=O)(=O)N[C@H]1CCN(C(=O)OCCF)[C@H]1COC1CCC(c2ccccc2)CC1. The molecule has 0 unspecified atom stereocenters. The van der Waals surface area contributed by atoms with Crippen molar-refractivity contribution < 1.29 is 27.1 Å². The van der Waals surface area contributed by atoms with Crippen molar-refractivity contribution in [3.63, 3.8) is 0 Å². The first-order chi connectivity index (χ1) is 14.4. The predicted molar refractivity (Wildman–Crippen MR) is 112 cm³/mol. The van der Waals surface area contributed by atoms with Gasteiger partial charge in [-0.25, -0.2) is 22.3 Å². The fourth-order valence-electron chi connectivity index (χ4n) is 4.43. The van der Waals surface area contributed by atoms with Crippen LogP contribution < -0.4 is 4.72 Å². The second-order valence-corrected chi connectivity index (χ2v) is 9.85. The van der Waals surface area contributed by atoms with Crippen LogP contribution in [0.3, 0.4) is 0 Å². The van der Waals surface area contributed by atoms with E-state index in [0.29, 0.717) is 18.9 Å². The van der Waals surface area contributed by atoms with E-state index >= 15 is 0 Å². The second kappa shape index (κ2) is 10.5. The highest BCUT2D eigenvalue weighted by molar-refractivity contribution is 7.88. The first-order valence-electron chi connectivity index (χ1n) is 10.5. The fraction of sp³-hybridized carbons (Fsp3) is 0.667. The van der Waals surface area contributed by atoms with E-state index in [1.807, 2.05) is 6.07 Å². The zero-order chi connectivity index (χ0) is 21.6. The smallest absolute Gasteiger partial charge is 0.410 e. The Morgan fingerprint density at radius 2 is 1.87 bits per heavy atom. The van der Waals surface area contributed by atoms with E-state index in [0.717, 1.165) is 31.9 Å². The van der Waals surface area contributed by atoms with Crippen molar-refractivity contribution in [3.8, 4) is 0 Å². The van der Waals surface area contributed by atoms with Gasteiger partial charge in [-0.3, -0.25) is 0 Å². The van der Waals surface area contributed by atoms with Gasteiger partial charge in [0.05, 0.1) is 25.0 Å². The van der Waals surface area contributed by atoms with Gasteiger partial charge in [-0.05, 0) is 43.6 Å². The lowest BCUT2D eigenvalue weighted by Gasteiger charge is -2.32. The van der Waals surface area contributed by atoms with Crippen molar-refractivity contribution in [1.29, 1.82) is 0 Å². The van der Waals surface area contributed by atoms with Crippen molar-refractivity contribution in [2.75, 3.05) is 32.7 Å². The number of carbonyl (C=O) groups excluding carboxylic acids is 1. The van der Waals surface area contributed by atoms with E-state index in [2.05, 4.69) is 29.0 Å². The normalized spacial score (nSPS) is 27.2. The summed E-state index contributed by atoms with van der Waals surface area (Å²) in [5.41, 5.74) is 1.35. The third kappa shape index (κ3) is 6.39. The number of amides is 1. The molecular formula is C21H31FN2O5S. The van der Waals surface area contributed by atoms with E-state index < -0.39 is 34.9 Å². The van der Waals surface area contributed by atoms with E-state index in [-0.39, 0.29) is 19.3 Å². The van der Waals surface area contributed by atoms with E-state index in [4.69, 9.17) is 9.47 Å². The molecule has 1 aliphatic carbocycles. The predicted octanol–water partition coefficient (Wildman–Crippen LogP) is 2.83. The lowest BCUT2D eigenvalue weighted by Crippen LogP contribution is -2.49. The Hall–Kier alpha value is -1.71. The average molecular weight is 443 g/mol. The lowest BCUT2D eigenvalue weighted by molar-refractivity contribution is -0.00718.